The smallest absolute Gasteiger partial charge is 0.175 e. The van der Waals surface area contributed by atoms with Crippen molar-refractivity contribution in [1.82, 2.24) is 9.78 Å². The van der Waals surface area contributed by atoms with E-state index in [9.17, 15) is 9.18 Å². The number of hydrogen-bond donors (Lipinski definition) is 0. The summed E-state index contributed by atoms with van der Waals surface area (Å²) in [7, 11) is 3.17. The van der Waals surface area contributed by atoms with Crippen LogP contribution in [0.25, 0.3) is 0 Å². The summed E-state index contributed by atoms with van der Waals surface area (Å²) in [5.41, 5.74) is 1.56. The highest BCUT2D eigenvalue weighted by molar-refractivity contribution is 6.00. The summed E-state index contributed by atoms with van der Waals surface area (Å²) in [5, 5.41) is 4.16. The third-order valence-electron chi connectivity index (χ3n) is 2.91. The minimum atomic E-state index is -0.566. The molecular weight excluding hydrogens is 247 g/mol. The van der Waals surface area contributed by atoms with Crippen molar-refractivity contribution < 1.29 is 13.9 Å². The summed E-state index contributed by atoms with van der Waals surface area (Å²) >= 11 is 0. The maximum absolute atomic E-state index is 13.8. The molecule has 2 rings (SSSR count). The van der Waals surface area contributed by atoms with Crippen molar-refractivity contribution in [2.45, 2.75) is 13.3 Å². The number of benzene rings is 1. The van der Waals surface area contributed by atoms with E-state index in [2.05, 4.69) is 5.10 Å². The van der Waals surface area contributed by atoms with Crippen LogP contribution in [0.15, 0.2) is 24.3 Å². The van der Waals surface area contributed by atoms with E-state index >= 15 is 0 Å². The van der Waals surface area contributed by atoms with Gasteiger partial charge >= 0.3 is 0 Å². The number of nitrogens with zero attached hydrogens (tertiary/aromatic N) is 2. The highest BCUT2D eigenvalue weighted by atomic mass is 19.1. The van der Waals surface area contributed by atoms with Gasteiger partial charge in [0.25, 0.3) is 0 Å². The molecule has 1 aromatic heterocycles. The summed E-state index contributed by atoms with van der Waals surface area (Å²) in [6.07, 6.45) is 0.0919. The van der Waals surface area contributed by atoms with E-state index in [1.807, 2.05) is 13.0 Å². The van der Waals surface area contributed by atoms with Gasteiger partial charge in [-0.1, -0.05) is 6.07 Å². The number of aromatic nitrogens is 2. The number of carbonyl (C=O) groups excluding carboxylic acids is 1. The Morgan fingerprint density at radius 2 is 2.21 bits per heavy atom. The molecule has 0 fully saturated rings. The molecule has 100 valence electrons. The molecule has 0 spiro atoms. The van der Waals surface area contributed by atoms with E-state index < -0.39 is 5.82 Å². The van der Waals surface area contributed by atoms with Crippen molar-refractivity contribution in [2.24, 2.45) is 7.05 Å². The maximum Gasteiger partial charge on any atom is 0.175 e. The Balaban J connectivity index is 2.33. The third-order valence-corrected chi connectivity index (χ3v) is 2.91. The number of hydrogen-bond acceptors (Lipinski definition) is 3. The van der Waals surface area contributed by atoms with Gasteiger partial charge < -0.3 is 4.74 Å². The molecule has 2 aromatic rings. The van der Waals surface area contributed by atoms with E-state index in [0.717, 1.165) is 11.4 Å². The summed E-state index contributed by atoms with van der Waals surface area (Å²) in [4.78, 5) is 12.2. The molecule has 0 saturated heterocycles. The lowest BCUT2D eigenvalue weighted by atomic mass is 10.0. The van der Waals surface area contributed by atoms with Crippen molar-refractivity contribution in [2.75, 3.05) is 7.11 Å². The molecule has 1 heterocycles. The van der Waals surface area contributed by atoms with Gasteiger partial charge in [0.2, 0.25) is 0 Å². The van der Waals surface area contributed by atoms with Crippen LogP contribution in [0.5, 0.6) is 5.75 Å². The molecular formula is C14H15FN2O2. The molecule has 19 heavy (non-hydrogen) atoms. The van der Waals surface area contributed by atoms with Crippen LogP contribution in [0.4, 0.5) is 4.39 Å². The first-order valence-electron chi connectivity index (χ1n) is 5.88. The zero-order chi connectivity index (χ0) is 14.0. The number of ketones is 1. The predicted molar refractivity (Wildman–Crippen MR) is 68.9 cm³/mol. The second-order valence-corrected chi connectivity index (χ2v) is 4.32. The van der Waals surface area contributed by atoms with Gasteiger partial charge in [-0.3, -0.25) is 9.48 Å². The Labute approximate surface area is 110 Å². The largest absolute Gasteiger partial charge is 0.496 e. The number of carbonyl (C=O) groups is 1. The van der Waals surface area contributed by atoms with Crippen LogP contribution in [0.3, 0.4) is 0 Å². The average molecular weight is 262 g/mol. The summed E-state index contributed by atoms with van der Waals surface area (Å²) < 4.78 is 20.4. The molecule has 0 aliphatic heterocycles. The lowest BCUT2D eigenvalue weighted by molar-refractivity contribution is 0.0983. The molecule has 0 amide bonds. The number of Topliss-reactive ketones (excluding diaryl/α,β-unsaturated/α-hetero) is 1. The molecule has 1 aromatic carbocycles. The lowest BCUT2D eigenvalue weighted by Crippen LogP contribution is -2.11. The molecule has 0 atom stereocenters. The minimum absolute atomic E-state index is 0.0103. The van der Waals surface area contributed by atoms with Gasteiger partial charge in [-0.25, -0.2) is 4.39 Å². The first-order chi connectivity index (χ1) is 9.02. The monoisotopic (exact) mass is 262 g/mol. The SMILES string of the molecule is COc1cccc(F)c1C(=O)Cc1cc(C)nn1C. The van der Waals surface area contributed by atoms with Gasteiger partial charge in [0.1, 0.15) is 11.6 Å². The molecule has 0 unspecified atom stereocenters. The van der Waals surface area contributed by atoms with Crippen LogP contribution in [-0.2, 0) is 13.5 Å². The molecule has 4 nitrogen and oxygen atoms in total. The quantitative estimate of drug-likeness (QED) is 0.794. The van der Waals surface area contributed by atoms with E-state index in [1.54, 1.807) is 17.8 Å². The standard InChI is InChI=1S/C14H15FN2O2/c1-9-7-10(17(2)16-9)8-12(18)14-11(15)5-4-6-13(14)19-3/h4-7H,8H2,1-3H3. The van der Waals surface area contributed by atoms with Gasteiger partial charge in [0.15, 0.2) is 5.78 Å². The lowest BCUT2D eigenvalue weighted by Gasteiger charge is -2.08. The summed E-state index contributed by atoms with van der Waals surface area (Å²) in [6.45, 7) is 1.84. The van der Waals surface area contributed by atoms with Crippen molar-refractivity contribution >= 4 is 5.78 Å². The highest BCUT2D eigenvalue weighted by Gasteiger charge is 2.19. The maximum atomic E-state index is 13.8. The Bertz CT molecular complexity index is 620. The fourth-order valence-corrected chi connectivity index (χ4v) is 2.03. The third kappa shape index (κ3) is 2.65. The molecule has 0 aliphatic rings. The molecule has 0 radical (unpaired) electrons. The first kappa shape index (κ1) is 13.3. The summed E-state index contributed by atoms with van der Waals surface area (Å²) in [6, 6.07) is 6.15. The Kier molecular flexibility index (Phi) is 3.64. The predicted octanol–water partition coefficient (Wildman–Crippen LogP) is 2.30. The molecule has 0 bridgehead atoms. The first-order valence-corrected chi connectivity index (χ1v) is 5.88. The van der Waals surface area contributed by atoms with Gasteiger partial charge in [-0.2, -0.15) is 5.10 Å². The van der Waals surface area contributed by atoms with Gasteiger partial charge in [0.05, 0.1) is 24.8 Å². The van der Waals surface area contributed by atoms with Crippen LogP contribution in [0.1, 0.15) is 21.7 Å². The fourth-order valence-electron chi connectivity index (χ4n) is 2.03. The minimum Gasteiger partial charge on any atom is -0.496 e. The van der Waals surface area contributed by atoms with E-state index in [0.29, 0.717) is 0 Å². The number of rotatable bonds is 4. The fraction of sp³-hybridized carbons (Fsp3) is 0.286. The average Bonchev–Trinajstić information content (AvgIpc) is 2.67. The van der Waals surface area contributed by atoms with Crippen molar-refractivity contribution in [3.05, 3.63) is 47.0 Å². The topological polar surface area (TPSA) is 44.1 Å². The second-order valence-electron chi connectivity index (χ2n) is 4.32. The van der Waals surface area contributed by atoms with Gasteiger partial charge in [-0.05, 0) is 25.1 Å². The van der Waals surface area contributed by atoms with Crippen LogP contribution in [0, 0.1) is 12.7 Å². The molecule has 0 aliphatic carbocycles. The second kappa shape index (κ2) is 5.22. The number of halogens is 1. The van der Waals surface area contributed by atoms with Gasteiger partial charge in [-0.15, -0.1) is 0 Å². The van der Waals surface area contributed by atoms with Crippen molar-refractivity contribution in [3.8, 4) is 5.75 Å². The summed E-state index contributed by atoms with van der Waals surface area (Å²) in [5.74, 6) is -0.634. The number of aryl methyl sites for hydroxylation is 2. The van der Waals surface area contributed by atoms with Crippen LogP contribution >= 0.6 is 0 Å². The zero-order valence-corrected chi connectivity index (χ0v) is 11.1. The molecule has 5 heteroatoms. The molecule has 0 saturated carbocycles. The highest BCUT2D eigenvalue weighted by Crippen LogP contribution is 2.23. The van der Waals surface area contributed by atoms with Crippen LogP contribution in [-0.4, -0.2) is 22.7 Å². The Morgan fingerprint density at radius 3 is 2.79 bits per heavy atom. The molecule has 0 N–H and O–H groups in total. The van der Waals surface area contributed by atoms with Crippen LogP contribution in [0.2, 0.25) is 0 Å². The van der Waals surface area contributed by atoms with E-state index in [4.69, 9.17) is 4.74 Å². The number of methoxy groups -OCH3 is 1. The van der Waals surface area contributed by atoms with Gasteiger partial charge in [0, 0.05) is 12.7 Å². The number of ether oxygens (including phenoxy) is 1. The van der Waals surface area contributed by atoms with Crippen molar-refractivity contribution in [1.29, 1.82) is 0 Å². The normalized spacial score (nSPS) is 10.5. The van der Waals surface area contributed by atoms with Crippen molar-refractivity contribution in [3.63, 3.8) is 0 Å². The van der Waals surface area contributed by atoms with E-state index in [-0.39, 0.29) is 23.5 Å². The Hall–Kier alpha value is -2.17. The Morgan fingerprint density at radius 1 is 1.47 bits per heavy atom. The zero-order valence-electron chi connectivity index (χ0n) is 11.1. The van der Waals surface area contributed by atoms with Crippen LogP contribution < -0.4 is 4.74 Å². The van der Waals surface area contributed by atoms with E-state index in [1.165, 1.54) is 19.2 Å².